The minimum atomic E-state index is -0.331. The third-order valence-corrected chi connectivity index (χ3v) is 3.72. The molecule has 0 bridgehead atoms. The number of rotatable bonds is 4. The van der Waals surface area contributed by atoms with Gasteiger partial charge < -0.3 is 4.42 Å². The molecule has 0 saturated carbocycles. The molecule has 1 amide bonds. The van der Waals surface area contributed by atoms with E-state index in [1.54, 1.807) is 30.5 Å². The van der Waals surface area contributed by atoms with Crippen molar-refractivity contribution in [1.29, 1.82) is 0 Å². The molecular formula is C15H11FN2O2S. The lowest BCUT2D eigenvalue weighted by atomic mass is 10.1. The first-order chi connectivity index (χ1) is 10.2. The summed E-state index contributed by atoms with van der Waals surface area (Å²) in [5.41, 5.74) is 0.990. The van der Waals surface area contributed by atoms with Crippen LogP contribution in [0.2, 0.25) is 0 Å². The summed E-state index contributed by atoms with van der Waals surface area (Å²) in [5, 5.41) is 3.18. The van der Waals surface area contributed by atoms with Crippen LogP contribution in [0.15, 0.2) is 53.3 Å². The standard InChI is InChI=1S/C15H11FN2O2S/c16-11-5-3-10(4-6-11)8-12-9-17-15(21-12)18-14(19)13-2-1-7-20-13/h1-7,9H,8H2,(H,17,18,19). The molecule has 2 aromatic heterocycles. The summed E-state index contributed by atoms with van der Waals surface area (Å²) in [7, 11) is 0. The quantitative estimate of drug-likeness (QED) is 0.799. The molecule has 4 nitrogen and oxygen atoms in total. The maximum absolute atomic E-state index is 12.8. The minimum absolute atomic E-state index is 0.241. The van der Waals surface area contributed by atoms with E-state index in [-0.39, 0.29) is 17.5 Å². The molecule has 3 aromatic rings. The van der Waals surface area contributed by atoms with Crippen LogP contribution in [0.3, 0.4) is 0 Å². The first-order valence-electron chi connectivity index (χ1n) is 6.25. The number of halogens is 1. The molecule has 106 valence electrons. The molecular weight excluding hydrogens is 291 g/mol. The van der Waals surface area contributed by atoms with E-state index in [0.29, 0.717) is 11.6 Å². The minimum Gasteiger partial charge on any atom is -0.459 e. The van der Waals surface area contributed by atoms with Crippen molar-refractivity contribution < 1.29 is 13.6 Å². The average molecular weight is 302 g/mol. The molecule has 0 aliphatic heterocycles. The molecule has 2 heterocycles. The lowest BCUT2D eigenvalue weighted by Gasteiger charge is -1.98. The summed E-state index contributed by atoms with van der Waals surface area (Å²) in [4.78, 5) is 16.9. The number of hydrogen-bond acceptors (Lipinski definition) is 4. The second-order valence-electron chi connectivity index (χ2n) is 4.37. The van der Waals surface area contributed by atoms with E-state index in [4.69, 9.17) is 4.42 Å². The Labute approximate surface area is 124 Å². The fourth-order valence-electron chi connectivity index (χ4n) is 1.82. The molecule has 0 aliphatic carbocycles. The number of furan rings is 1. The van der Waals surface area contributed by atoms with Gasteiger partial charge in [-0.1, -0.05) is 12.1 Å². The average Bonchev–Trinajstić information content (AvgIpc) is 3.13. The predicted molar refractivity (Wildman–Crippen MR) is 78.0 cm³/mol. The third-order valence-electron chi connectivity index (χ3n) is 2.81. The molecule has 6 heteroatoms. The van der Waals surface area contributed by atoms with Crippen molar-refractivity contribution >= 4 is 22.4 Å². The van der Waals surface area contributed by atoms with Crippen molar-refractivity contribution in [2.75, 3.05) is 5.32 Å². The Bertz CT molecular complexity index is 735. The van der Waals surface area contributed by atoms with E-state index in [1.165, 1.54) is 29.7 Å². The Kier molecular flexibility index (Phi) is 3.79. The Balaban J connectivity index is 1.66. The van der Waals surface area contributed by atoms with Gasteiger partial charge in [0.2, 0.25) is 0 Å². The molecule has 21 heavy (non-hydrogen) atoms. The first-order valence-corrected chi connectivity index (χ1v) is 7.06. The lowest BCUT2D eigenvalue weighted by Crippen LogP contribution is -2.10. The number of carbonyl (C=O) groups is 1. The Morgan fingerprint density at radius 2 is 2.10 bits per heavy atom. The van der Waals surface area contributed by atoms with Crippen LogP contribution in [0.5, 0.6) is 0 Å². The molecule has 3 rings (SSSR count). The highest BCUT2D eigenvalue weighted by atomic mass is 32.1. The number of amides is 1. The van der Waals surface area contributed by atoms with E-state index < -0.39 is 0 Å². The SMILES string of the molecule is O=C(Nc1ncc(Cc2ccc(F)cc2)s1)c1ccco1. The van der Waals surface area contributed by atoms with Gasteiger partial charge in [-0.15, -0.1) is 11.3 Å². The van der Waals surface area contributed by atoms with Crippen LogP contribution < -0.4 is 5.32 Å². The molecule has 0 atom stereocenters. The lowest BCUT2D eigenvalue weighted by molar-refractivity contribution is 0.0996. The van der Waals surface area contributed by atoms with Crippen LogP contribution in [-0.2, 0) is 6.42 Å². The van der Waals surface area contributed by atoms with Gasteiger partial charge in [-0.3, -0.25) is 10.1 Å². The monoisotopic (exact) mass is 302 g/mol. The molecule has 1 aromatic carbocycles. The van der Waals surface area contributed by atoms with Crippen LogP contribution >= 0.6 is 11.3 Å². The fraction of sp³-hybridized carbons (Fsp3) is 0.0667. The van der Waals surface area contributed by atoms with E-state index in [9.17, 15) is 9.18 Å². The predicted octanol–water partition coefficient (Wildman–Crippen LogP) is 3.72. The van der Waals surface area contributed by atoms with E-state index in [2.05, 4.69) is 10.3 Å². The normalized spacial score (nSPS) is 10.5. The highest BCUT2D eigenvalue weighted by molar-refractivity contribution is 7.15. The number of nitrogens with zero attached hydrogens (tertiary/aromatic N) is 1. The molecule has 0 radical (unpaired) electrons. The van der Waals surface area contributed by atoms with Gasteiger partial charge in [-0.25, -0.2) is 9.37 Å². The summed E-state index contributed by atoms with van der Waals surface area (Å²) in [5.74, 6) is -0.345. The van der Waals surface area contributed by atoms with Gasteiger partial charge in [-0.05, 0) is 29.8 Å². The molecule has 1 N–H and O–H groups in total. The van der Waals surface area contributed by atoms with Gasteiger partial charge in [-0.2, -0.15) is 0 Å². The summed E-state index contributed by atoms with van der Waals surface area (Å²) < 4.78 is 17.9. The van der Waals surface area contributed by atoms with Gasteiger partial charge in [0, 0.05) is 17.5 Å². The number of nitrogens with one attached hydrogen (secondary N) is 1. The van der Waals surface area contributed by atoms with Gasteiger partial charge in [0.15, 0.2) is 10.9 Å². The largest absolute Gasteiger partial charge is 0.459 e. The van der Waals surface area contributed by atoms with E-state index >= 15 is 0 Å². The third kappa shape index (κ3) is 3.35. The van der Waals surface area contributed by atoms with Crippen molar-refractivity contribution in [3.05, 3.63) is 70.9 Å². The van der Waals surface area contributed by atoms with Gasteiger partial charge in [0.05, 0.1) is 6.26 Å². The Hall–Kier alpha value is -2.47. The molecule has 0 spiro atoms. The van der Waals surface area contributed by atoms with Crippen molar-refractivity contribution in [3.8, 4) is 0 Å². The molecule has 0 saturated heterocycles. The summed E-state index contributed by atoms with van der Waals surface area (Å²) in [6, 6.07) is 9.55. The summed E-state index contributed by atoms with van der Waals surface area (Å²) in [6.45, 7) is 0. The van der Waals surface area contributed by atoms with Crippen molar-refractivity contribution in [2.24, 2.45) is 0 Å². The van der Waals surface area contributed by atoms with Crippen LogP contribution in [0.4, 0.5) is 9.52 Å². The molecule has 0 fully saturated rings. The van der Waals surface area contributed by atoms with E-state index in [0.717, 1.165) is 10.4 Å². The fourth-order valence-corrected chi connectivity index (χ4v) is 2.66. The second-order valence-corrected chi connectivity index (χ2v) is 5.48. The maximum Gasteiger partial charge on any atom is 0.293 e. The van der Waals surface area contributed by atoms with Gasteiger partial charge in [0.1, 0.15) is 5.82 Å². The number of hydrogen-bond donors (Lipinski definition) is 1. The van der Waals surface area contributed by atoms with E-state index in [1.807, 2.05) is 0 Å². The van der Waals surface area contributed by atoms with Crippen molar-refractivity contribution in [3.63, 3.8) is 0 Å². The number of anilines is 1. The number of carbonyl (C=O) groups excluding carboxylic acids is 1. The molecule has 0 aliphatic rings. The zero-order valence-corrected chi connectivity index (χ0v) is 11.7. The number of aromatic nitrogens is 1. The summed E-state index contributed by atoms with van der Waals surface area (Å²) >= 11 is 1.38. The van der Waals surface area contributed by atoms with Crippen LogP contribution in [0, 0.1) is 5.82 Å². The first kappa shape index (κ1) is 13.5. The second kappa shape index (κ2) is 5.88. The highest BCUT2D eigenvalue weighted by Crippen LogP contribution is 2.22. The topological polar surface area (TPSA) is 55.1 Å². The van der Waals surface area contributed by atoms with Crippen LogP contribution in [0.25, 0.3) is 0 Å². The molecule has 0 unspecified atom stereocenters. The highest BCUT2D eigenvalue weighted by Gasteiger charge is 2.11. The number of benzene rings is 1. The van der Waals surface area contributed by atoms with Gasteiger partial charge >= 0.3 is 0 Å². The van der Waals surface area contributed by atoms with Crippen LogP contribution in [-0.4, -0.2) is 10.9 Å². The number of thiazole rings is 1. The maximum atomic E-state index is 12.8. The Morgan fingerprint density at radius 1 is 1.29 bits per heavy atom. The summed E-state index contributed by atoms with van der Waals surface area (Å²) in [6.07, 6.45) is 3.79. The zero-order chi connectivity index (χ0) is 14.7. The van der Waals surface area contributed by atoms with Crippen LogP contribution in [0.1, 0.15) is 21.0 Å². The smallest absolute Gasteiger partial charge is 0.293 e. The van der Waals surface area contributed by atoms with Gasteiger partial charge in [0.25, 0.3) is 5.91 Å². The van der Waals surface area contributed by atoms with Crippen molar-refractivity contribution in [1.82, 2.24) is 4.98 Å². The van der Waals surface area contributed by atoms with Crippen molar-refractivity contribution in [2.45, 2.75) is 6.42 Å². The Morgan fingerprint density at radius 3 is 2.81 bits per heavy atom. The zero-order valence-electron chi connectivity index (χ0n) is 10.9.